The highest BCUT2D eigenvalue weighted by molar-refractivity contribution is 4.69. The van der Waals surface area contributed by atoms with Gasteiger partial charge in [-0.2, -0.15) is 0 Å². The third-order valence-corrected chi connectivity index (χ3v) is 1.54. The van der Waals surface area contributed by atoms with Crippen LogP contribution in [0.3, 0.4) is 0 Å². The lowest BCUT2D eigenvalue weighted by molar-refractivity contribution is 0.0519. The molecule has 2 heteroatoms. The van der Waals surface area contributed by atoms with E-state index in [-0.39, 0.29) is 0 Å². The van der Waals surface area contributed by atoms with Crippen molar-refractivity contribution < 1.29 is 9.47 Å². The van der Waals surface area contributed by atoms with Gasteiger partial charge in [0.1, 0.15) is 6.61 Å². The maximum atomic E-state index is 5.34. The third-order valence-electron chi connectivity index (χ3n) is 1.54. The van der Waals surface area contributed by atoms with E-state index in [4.69, 9.17) is 9.47 Å². The maximum absolute atomic E-state index is 5.34. The van der Waals surface area contributed by atoms with Crippen molar-refractivity contribution in [2.45, 2.75) is 25.9 Å². The van der Waals surface area contributed by atoms with Crippen LogP contribution in [0, 0.1) is 0 Å². The smallest absolute Gasteiger partial charge is 0.113 e. The van der Waals surface area contributed by atoms with Crippen molar-refractivity contribution in [3.8, 4) is 0 Å². The molecule has 0 radical (unpaired) electrons. The summed E-state index contributed by atoms with van der Waals surface area (Å²) in [5, 5.41) is 0. The third kappa shape index (κ3) is 2.40. The fourth-order valence-electron chi connectivity index (χ4n) is 1.03. The molecule has 0 amide bonds. The summed E-state index contributed by atoms with van der Waals surface area (Å²) in [4.78, 5) is 0. The van der Waals surface area contributed by atoms with Crippen LogP contribution in [0.4, 0.5) is 0 Å². The molecule has 1 aliphatic heterocycles. The lowest BCUT2D eigenvalue weighted by atomic mass is 10.2. The molecule has 0 aromatic heterocycles. The second kappa shape index (κ2) is 4.34. The van der Waals surface area contributed by atoms with E-state index in [0.717, 1.165) is 13.0 Å². The van der Waals surface area contributed by atoms with E-state index in [9.17, 15) is 0 Å². The van der Waals surface area contributed by atoms with Crippen LogP contribution in [-0.4, -0.2) is 19.3 Å². The lowest BCUT2D eigenvalue weighted by Crippen LogP contribution is -2.11. The standard InChI is InChI=1S/C8H14O2/c1-2-5-9-7-8-4-3-6-10-8/h2,5,8H,3-4,6-7H2,1H3/b5-2+. The second-order valence-electron chi connectivity index (χ2n) is 2.44. The SMILES string of the molecule is C/C=C/OCC1CCCO1. The number of hydrogen-bond acceptors (Lipinski definition) is 2. The van der Waals surface area contributed by atoms with Gasteiger partial charge in [-0.1, -0.05) is 6.08 Å². The van der Waals surface area contributed by atoms with Crippen LogP contribution in [-0.2, 0) is 9.47 Å². The topological polar surface area (TPSA) is 18.5 Å². The zero-order valence-electron chi connectivity index (χ0n) is 6.38. The van der Waals surface area contributed by atoms with E-state index in [2.05, 4.69) is 0 Å². The van der Waals surface area contributed by atoms with Crippen LogP contribution in [0.2, 0.25) is 0 Å². The first kappa shape index (κ1) is 7.61. The highest BCUT2D eigenvalue weighted by atomic mass is 16.5. The Balaban J connectivity index is 2.01. The van der Waals surface area contributed by atoms with Gasteiger partial charge in [0.15, 0.2) is 0 Å². The molecule has 1 saturated heterocycles. The van der Waals surface area contributed by atoms with Gasteiger partial charge in [-0.25, -0.2) is 0 Å². The van der Waals surface area contributed by atoms with Gasteiger partial charge >= 0.3 is 0 Å². The van der Waals surface area contributed by atoms with Crippen molar-refractivity contribution in [2.24, 2.45) is 0 Å². The van der Waals surface area contributed by atoms with Crippen molar-refractivity contribution in [1.82, 2.24) is 0 Å². The fraction of sp³-hybridized carbons (Fsp3) is 0.750. The molecule has 58 valence electrons. The summed E-state index contributed by atoms with van der Waals surface area (Å²) in [6.45, 7) is 3.56. The van der Waals surface area contributed by atoms with Crippen LogP contribution in [0.1, 0.15) is 19.8 Å². The summed E-state index contributed by atoms with van der Waals surface area (Å²) in [5.74, 6) is 0. The molecule has 0 N–H and O–H groups in total. The highest BCUT2D eigenvalue weighted by Crippen LogP contribution is 2.11. The van der Waals surface area contributed by atoms with Gasteiger partial charge in [0.25, 0.3) is 0 Å². The zero-order chi connectivity index (χ0) is 7.23. The molecule has 1 rings (SSSR count). The fourth-order valence-corrected chi connectivity index (χ4v) is 1.03. The van der Waals surface area contributed by atoms with Gasteiger partial charge in [0.05, 0.1) is 12.4 Å². The van der Waals surface area contributed by atoms with Crippen LogP contribution < -0.4 is 0 Å². The molecule has 0 aromatic rings. The molecule has 0 spiro atoms. The Labute approximate surface area is 61.8 Å². The Morgan fingerprint density at radius 3 is 3.20 bits per heavy atom. The number of rotatable bonds is 3. The molecule has 0 bridgehead atoms. The van der Waals surface area contributed by atoms with Crippen molar-refractivity contribution in [2.75, 3.05) is 13.2 Å². The number of ether oxygens (including phenoxy) is 2. The molecule has 1 heterocycles. The van der Waals surface area contributed by atoms with Crippen molar-refractivity contribution in [3.05, 3.63) is 12.3 Å². The molecule has 1 aliphatic rings. The average molecular weight is 142 g/mol. The van der Waals surface area contributed by atoms with E-state index in [1.54, 1.807) is 6.26 Å². The van der Waals surface area contributed by atoms with Crippen LogP contribution in [0.15, 0.2) is 12.3 Å². The summed E-state index contributed by atoms with van der Waals surface area (Å²) in [7, 11) is 0. The largest absolute Gasteiger partial charge is 0.499 e. The Hall–Kier alpha value is -0.500. The zero-order valence-corrected chi connectivity index (χ0v) is 6.38. The number of allylic oxidation sites excluding steroid dienone is 1. The molecular formula is C8H14O2. The van der Waals surface area contributed by atoms with Crippen molar-refractivity contribution in [3.63, 3.8) is 0 Å². The van der Waals surface area contributed by atoms with E-state index >= 15 is 0 Å². The summed E-state index contributed by atoms with van der Waals surface area (Å²) in [5.41, 5.74) is 0. The molecule has 1 atom stereocenters. The molecule has 0 aromatic carbocycles. The van der Waals surface area contributed by atoms with Crippen molar-refractivity contribution >= 4 is 0 Å². The Bertz CT molecular complexity index is 104. The van der Waals surface area contributed by atoms with Gasteiger partial charge in [-0.05, 0) is 19.8 Å². The van der Waals surface area contributed by atoms with E-state index in [1.807, 2.05) is 13.0 Å². The minimum absolute atomic E-state index is 0.344. The van der Waals surface area contributed by atoms with Gasteiger partial charge in [-0.15, -0.1) is 0 Å². The molecule has 0 saturated carbocycles. The quantitative estimate of drug-likeness (QED) is 0.558. The molecule has 0 aliphatic carbocycles. The average Bonchev–Trinajstić information content (AvgIpc) is 2.41. The molecule has 1 fully saturated rings. The number of hydrogen-bond donors (Lipinski definition) is 0. The van der Waals surface area contributed by atoms with Gasteiger partial charge in [0, 0.05) is 6.61 Å². The van der Waals surface area contributed by atoms with Crippen LogP contribution in [0.25, 0.3) is 0 Å². The Kier molecular flexibility index (Phi) is 3.30. The van der Waals surface area contributed by atoms with Crippen molar-refractivity contribution in [1.29, 1.82) is 0 Å². The van der Waals surface area contributed by atoms with Crippen LogP contribution in [0.5, 0.6) is 0 Å². The monoisotopic (exact) mass is 142 g/mol. The Morgan fingerprint density at radius 1 is 1.70 bits per heavy atom. The van der Waals surface area contributed by atoms with Gasteiger partial charge in [-0.3, -0.25) is 0 Å². The predicted octanol–water partition coefficient (Wildman–Crippen LogP) is 1.72. The van der Waals surface area contributed by atoms with E-state index < -0.39 is 0 Å². The van der Waals surface area contributed by atoms with Crippen LogP contribution >= 0.6 is 0 Å². The summed E-state index contributed by atoms with van der Waals surface area (Å²) in [6, 6.07) is 0. The lowest BCUT2D eigenvalue weighted by Gasteiger charge is -2.07. The van der Waals surface area contributed by atoms with Gasteiger partial charge in [0.2, 0.25) is 0 Å². The Morgan fingerprint density at radius 2 is 2.60 bits per heavy atom. The summed E-state index contributed by atoms with van der Waals surface area (Å²) >= 11 is 0. The minimum atomic E-state index is 0.344. The van der Waals surface area contributed by atoms with Gasteiger partial charge < -0.3 is 9.47 Å². The minimum Gasteiger partial charge on any atom is -0.499 e. The normalized spacial score (nSPS) is 25.9. The molecule has 1 unspecified atom stereocenters. The summed E-state index contributed by atoms with van der Waals surface area (Å²) < 4.78 is 10.5. The maximum Gasteiger partial charge on any atom is 0.113 e. The molecule has 10 heavy (non-hydrogen) atoms. The first-order chi connectivity index (χ1) is 4.93. The molecule has 2 nitrogen and oxygen atoms in total. The predicted molar refractivity (Wildman–Crippen MR) is 39.7 cm³/mol. The van der Waals surface area contributed by atoms with E-state index in [0.29, 0.717) is 12.7 Å². The first-order valence-electron chi connectivity index (χ1n) is 3.78. The highest BCUT2D eigenvalue weighted by Gasteiger charge is 2.14. The van der Waals surface area contributed by atoms with E-state index in [1.165, 1.54) is 6.42 Å². The summed E-state index contributed by atoms with van der Waals surface area (Å²) in [6.07, 6.45) is 6.27. The second-order valence-corrected chi connectivity index (χ2v) is 2.44. The first-order valence-corrected chi connectivity index (χ1v) is 3.78. The molecular weight excluding hydrogens is 128 g/mol.